The molecule has 1 aliphatic carbocycles. The van der Waals surface area contributed by atoms with E-state index >= 15 is 0 Å². The first-order chi connectivity index (χ1) is 11.3. The van der Waals surface area contributed by atoms with Crippen molar-refractivity contribution < 1.29 is 4.79 Å². The second kappa shape index (κ2) is 5.94. The monoisotopic (exact) mass is 313 g/mol. The molecule has 0 spiro atoms. The summed E-state index contributed by atoms with van der Waals surface area (Å²) in [5.74, 6) is 1.35. The first-order valence-electron chi connectivity index (χ1n) is 8.06. The fourth-order valence-corrected chi connectivity index (χ4v) is 3.33. The number of piperidine rings is 1. The lowest BCUT2D eigenvalue weighted by Gasteiger charge is -2.31. The summed E-state index contributed by atoms with van der Waals surface area (Å²) in [4.78, 5) is 18.4. The van der Waals surface area contributed by atoms with Crippen LogP contribution >= 0.6 is 0 Å². The van der Waals surface area contributed by atoms with Gasteiger partial charge in [0.2, 0.25) is 11.9 Å². The summed E-state index contributed by atoms with van der Waals surface area (Å²) < 4.78 is 0. The van der Waals surface area contributed by atoms with E-state index in [1.165, 1.54) is 18.3 Å². The molecule has 0 radical (unpaired) electrons. The van der Waals surface area contributed by atoms with Crippen LogP contribution in [0.15, 0.2) is 12.4 Å². The summed E-state index contributed by atoms with van der Waals surface area (Å²) in [6, 6.07) is 2.17. The number of hydrogen-bond donors (Lipinski definition) is 2. The molecule has 120 valence electrons. The van der Waals surface area contributed by atoms with Crippen molar-refractivity contribution >= 4 is 17.7 Å². The smallest absolute Gasteiger partial charge is 0.229 e. The number of H-pyrrole nitrogens is 1. The van der Waals surface area contributed by atoms with Crippen molar-refractivity contribution in [2.24, 2.45) is 5.92 Å². The third kappa shape index (κ3) is 2.88. The number of aryl methyl sites for hydroxylation is 2. The van der Waals surface area contributed by atoms with Crippen molar-refractivity contribution in [3.63, 3.8) is 0 Å². The maximum absolute atomic E-state index is 12.2. The maximum atomic E-state index is 12.2. The van der Waals surface area contributed by atoms with Crippen molar-refractivity contribution in [2.45, 2.75) is 32.1 Å². The highest BCUT2D eigenvalue weighted by atomic mass is 16.2. The van der Waals surface area contributed by atoms with Crippen LogP contribution in [-0.4, -0.2) is 44.4 Å². The van der Waals surface area contributed by atoms with Crippen molar-refractivity contribution in [1.29, 1.82) is 0 Å². The fraction of sp³-hybridized carbons (Fsp3) is 0.533. The highest BCUT2D eigenvalue weighted by Crippen LogP contribution is 2.26. The van der Waals surface area contributed by atoms with Gasteiger partial charge in [-0.1, -0.05) is 0 Å². The lowest BCUT2D eigenvalue weighted by molar-refractivity contribution is -0.120. The molecule has 1 amide bonds. The van der Waals surface area contributed by atoms with E-state index in [4.69, 9.17) is 0 Å². The molecule has 8 nitrogen and oxygen atoms in total. The number of anilines is 2. The Kier molecular flexibility index (Phi) is 3.64. The fourth-order valence-electron chi connectivity index (χ4n) is 3.33. The zero-order chi connectivity index (χ0) is 15.6. The van der Waals surface area contributed by atoms with Crippen LogP contribution in [0.25, 0.3) is 0 Å². The van der Waals surface area contributed by atoms with Crippen LogP contribution in [0.2, 0.25) is 0 Å². The number of rotatable bonds is 3. The van der Waals surface area contributed by atoms with Crippen LogP contribution < -0.4 is 10.2 Å². The van der Waals surface area contributed by atoms with Gasteiger partial charge in [0.05, 0.1) is 5.69 Å². The number of carbonyl (C=O) groups excluding carboxylic acids is 1. The second-order valence-corrected chi connectivity index (χ2v) is 6.11. The zero-order valence-electron chi connectivity index (χ0n) is 12.8. The van der Waals surface area contributed by atoms with Gasteiger partial charge in [-0.05, 0) is 43.7 Å². The average molecular weight is 313 g/mol. The molecule has 1 fully saturated rings. The van der Waals surface area contributed by atoms with Crippen LogP contribution in [0, 0.1) is 5.92 Å². The van der Waals surface area contributed by atoms with Gasteiger partial charge in [0.15, 0.2) is 5.82 Å². The molecule has 0 bridgehead atoms. The summed E-state index contributed by atoms with van der Waals surface area (Å²) >= 11 is 0. The Bertz CT molecular complexity index is 692. The molecule has 8 heteroatoms. The van der Waals surface area contributed by atoms with Gasteiger partial charge in [0.1, 0.15) is 6.33 Å². The lowest BCUT2D eigenvalue weighted by atomic mass is 9.96. The molecule has 2 aromatic rings. The van der Waals surface area contributed by atoms with Gasteiger partial charge >= 0.3 is 0 Å². The highest BCUT2D eigenvalue weighted by Gasteiger charge is 2.27. The molecule has 0 unspecified atom stereocenters. The molecule has 1 saturated heterocycles. The second-order valence-electron chi connectivity index (χ2n) is 6.11. The number of nitrogens with one attached hydrogen (secondary N) is 2. The molecular weight excluding hydrogens is 294 g/mol. The van der Waals surface area contributed by atoms with E-state index in [0.29, 0.717) is 5.95 Å². The number of amides is 1. The molecule has 0 atom stereocenters. The Labute approximate surface area is 133 Å². The minimum absolute atomic E-state index is 0.00117. The summed E-state index contributed by atoms with van der Waals surface area (Å²) in [6.07, 6.45) is 6.32. The molecule has 0 saturated carbocycles. The summed E-state index contributed by atoms with van der Waals surface area (Å²) in [6.45, 7) is 1.64. The number of nitrogens with zero attached hydrogens (tertiary/aromatic N) is 5. The van der Waals surface area contributed by atoms with E-state index in [1.807, 2.05) is 0 Å². The molecule has 2 aromatic heterocycles. The molecule has 4 rings (SSSR count). The Morgan fingerprint density at radius 2 is 2.13 bits per heavy atom. The molecule has 23 heavy (non-hydrogen) atoms. The van der Waals surface area contributed by atoms with Gasteiger partial charge in [-0.3, -0.25) is 10.1 Å². The Hall–Kier alpha value is -2.51. The van der Waals surface area contributed by atoms with Gasteiger partial charge in [0.25, 0.3) is 0 Å². The number of aromatic amines is 1. The summed E-state index contributed by atoms with van der Waals surface area (Å²) in [5, 5.41) is 17.8. The third-order valence-corrected chi connectivity index (χ3v) is 4.65. The normalized spacial score (nSPS) is 18.0. The molecular formula is C15H19N7O. The number of hydrogen-bond acceptors (Lipinski definition) is 6. The van der Waals surface area contributed by atoms with E-state index in [1.54, 1.807) is 0 Å². The predicted octanol–water partition coefficient (Wildman–Crippen LogP) is 0.938. The molecule has 2 N–H and O–H groups in total. The Morgan fingerprint density at radius 3 is 2.91 bits per heavy atom. The van der Waals surface area contributed by atoms with Crippen LogP contribution in [-0.2, 0) is 17.6 Å². The molecule has 3 heterocycles. The highest BCUT2D eigenvalue weighted by molar-refractivity contribution is 5.91. The quantitative estimate of drug-likeness (QED) is 0.875. The molecule has 2 aliphatic rings. The van der Waals surface area contributed by atoms with Crippen LogP contribution in [0.5, 0.6) is 0 Å². The molecule has 0 aromatic carbocycles. The zero-order valence-corrected chi connectivity index (χ0v) is 12.8. The SMILES string of the molecule is O=C(Nc1ncn[nH]1)C1CCN(c2cc3c(nn2)CCC3)CC1. The van der Waals surface area contributed by atoms with E-state index in [-0.39, 0.29) is 11.8 Å². The standard InChI is InChI=1S/C15H19N7O/c23-14(18-15-16-9-17-21-15)10-4-6-22(7-5-10)13-8-11-2-1-3-12(11)19-20-13/h8-10H,1-7H2,(H2,16,17,18,21,23). The number of fused-ring (bicyclic) bond motifs is 1. The first-order valence-corrected chi connectivity index (χ1v) is 8.06. The van der Waals surface area contributed by atoms with Gasteiger partial charge in [0, 0.05) is 19.0 Å². The largest absolute Gasteiger partial charge is 0.355 e. The number of aromatic nitrogens is 5. The molecule has 1 aliphatic heterocycles. The van der Waals surface area contributed by atoms with Crippen LogP contribution in [0.3, 0.4) is 0 Å². The van der Waals surface area contributed by atoms with Crippen molar-refractivity contribution in [3.05, 3.63) is 23.7 Å². The Morgan fingerprint density at radius 1 is 1.26 bits per heavy atom. The van der Waals surface area contributed by atoms with Gasteiger partial charge < -0.3 is 4.90 Å². The summed E-state index contributed by atoms with van der Waals surface area (Å²) in [7, 11) is 0. The predicted molar refractivity (Wildman–Crippen MR) is 84.0 cm³/mol. The third-order valence-electron chi connectivity index (χ3n) is 4.65. The van der Waals surface area contributed by atoms with E-state index < -0.39 is 0 Å². The minimum atomic E-state index is -0.00117. The lowest BCUT2D eigenvalue weighted by Crippen LogP contribution is -2.38. The van der Waals surface area contributed by atoms with E-state index in [9.17, 15) is 4.79 Å². The van der Waals surface area contributed by atoms with Crippen molar-refractivity contribution in [3.8, 4) is 0 Å². The van der Waals surface area contributed by atoms with Crippen LogP contribution in [0.1, 0.15) is 30.5 Å². The van der Waals surface area contributed by atoms with Crippen LogP contribution in [0.4, 0.5) is 11.8 Å². The van der Waals surface area contributed by atoms with Gasteiger partial charge in [-0.15, -0.1) is 5.10 Å². The van der Waals surface area contributed by atoms with E-state index in [0.717, 1.165) is 50.3 Å². The maximum Gasteiger partial charge on any atom is 0.229 e. The minimum Gasteiger partial charge on any atom is -0.355 e. The average Bonchev–Trinajstić information content (AvgIpc) is 3.25. The van der Waals surface area contributed by atoms with Crippen molar-refractivity contribution in [1.82, 2.24) is 25.4 Å². The Balaban J connectivity index is 1.36. The van der Waals surface area contributed by atoms with Crippen molar-refractivity contribution in [2.75, 3.05) is 23.3 Å². The topological polar surface area (TPSA) is 99.7 Å². The van der Waals surface area contributed by atoms with Gasteiger partial charge in [-0.25, -0.2) is 5.10 Å². The van der Waals surface area contributed by atoms with E-state index in [2.05, 4.69) is 41.7 Å². The first kappa shape index (κ1) is 14.1. The number of carbonyl (C=O) groups is 1. The van der Waals surface area contributed by atoms with Gasteiger partial charge in [-0.2, -0.15) is 15.2 Å². The summed E-state index contributed by atoms with van der Waals surface area (Å²) in [5.41, 5.74) is 2.48.